The highest BCUT2D eigenvalue weighted by Gasteiger charge is 2.11. The van der Waals surface area contributed by atoms with Gasteiger partial charge in [0.25, 0.3) is 5.91 Å². The minimum Gasteiger partial charge on any atom is -0.440 e. The summed E-state index contributed by atoms with van der Waals surface area (Å²) in [5.74, 6) is 0.377. The molecule has 0 aliphatic heterocycles. The summed E-state index contributed by atoms with van der Waals surface area (Å²) in [6.07, 6.45) is 0.588. The van der Waals surface area contributed by atoms with Crippen molar-refractivity contribution >= 4 is 51.6 Å². The standard InChI is InChI=1S/C24H20ClN3O2S/c1-14-11-15(2)22-20(12-14)27-21(30-22)13-16-3-9-19(10-4-16)26-24(31)28-23(29)17-5-7-18(25)8-6-17/h3-12H,13H2,1-2H3,(H2,26,28,29,31). The number of carbonyl (C=O) groups excluding carboxylic acids is 1. The summed E-state index contributed by atoms with van der Waals surface area (Å²) in [6.45, 7) is 4.08. The van der Waals surface area contributed by atoms with Crippen molar-refractivity contribution in [3.8, 4) is 0 Å². The molecule has 0 atom stereocenters. The van der Waals surface area contributed by atoms with Crippen molar-refractivity contribution in [3.05, 3.63) is 93.8 Å². The normalized spacial score (nSPS) is 10.8. The van der Waals surface area contributed by atoms with E-state index in [0.29, 0.717) is 22.9 Å². The number of nitrogens with one attached hydrogen (secondary N) is 2. The molecule has 0 radical (unpaired) electrons. The van der Waals surface area contributed by atoms with Crippen LogP contribution in [0.15, 0.2) is 65.1 Å². The molecular weight excluding hydrogens is 430 g/mol. The topological polar surface area (TPSA) is 67.2 Å². The zero-order chi connectivity index (χ0) is 22.0. The molecule has 7 heteroatoms. The third-order valence-corrected chi connectivity index (χ3v) is 5.22. The van der Waals surface area contributed by atoms with Crippen LogP contribution in [-0.2, 0) is 6.42 Å². The predicted molar refractivity (Wildman–Crippen MR) is 128 cm³/mol. The Labute approximate surface area is 190 Å². The van der Waals surface area contributed by atoms with Crippen molar-refractivity contribution in [1.82, 2.24) is 10.3 Å². The van der Waals surface area contributed by atoms with Crippen LogP contribution in [0.4, 0.5) is 5.69 Å². The minimum atomic E-state index is -0.299. The van der Waals surface area contributed by atoms with E-state index in [2.05, 4.69) is 28.6 Å². The molecule has 0 spiro atoms. The van der Waals surface area contributed by atoms with E-state index in [1.165, 1.54) is 5.56 Å². The molecular formula is C24H20ClN3O2S. The molecule has 156 valence electrons. The second-order valence-corrected chi connectivity index (χ2v) is 8.17. The van der Waals surface area contributed by atoms with Crippen LogP contribution in [-0.4, -0.2) is 16.0 Å². The summed E-state index contributed by atoms with van der Waals surface area (Å²) < 4.78 is 5.94. The van der Waals surface area contributed by atoms with Gasteiger partial charge in [-0.05, 0) is 85.2 Å². The predicted octanol–water partition coefficient (Wildman–Crippen LogP) is 5.82. The van der Waals surface area contributed by atoms with Crippen LogP contribution in [0.2, 0.25) is 5.02 Å². The first-order chi connectivity index (χ1) is 14.9. The number of hydrogen-bond acceptors (Lipinski definition) is 4. The molecule has 4 rings (SSSR count). The fourth-order valence-corrected chi connectivity index (χ4v) is 3.65. The van der Waals surface area contributed by atoms with Crippen LogP contribution in [0, 0.1) is 13.8 Å². The molecule has 1 aromatic heterocycles. The number of thiocarbonyl (C=S) groups is 1. The minimum absolute atomic E-state index is 0.220. The van der Waals surface area contributed by atoms with Gasteiger partial charge >= 0.3 is 0 Å². The fourth-order valence-electron chi connectivity index (χ4n) is 3.32. The van der Waals surface area contributed by atoms with Gasteiger partial charge in [-0.15, -0.1) is 0 Å². The van der Waals surface area contributed by atoms with Crippen LogP contribution >= 0.6 is 23.8 Å². The summed E-state index contributed by atoms with van der Waals surface area (Å²) in [6, 6.07) is 18.5. The van der Waals surface area contributed by atoms with Gasteiger partial charge in [-0.25, -0.2) is 4.98 Å². The molecule has 0 unspecified atom stereocenters. The number of aromatic nitrogens is 1. The Kier molecular flexibility index (Phi) is 6.02. The molecule has 4 aromatic rings. The number of rotatable bonds is 4. The molecule has 0 aliphatic rings. The third-order valence-electron chi connectivity index (χ3n) is 4.77. The maximum Gasteiger partial charge on any atom is 0.257 e. The first-order valence-corrected chi connectivity index (χ1v) is 10.5. The first-order valence-electron chi connectivity index (χ1n) is 9.71. The molecule has 3 aromatic carbocycles. The average Bonchev–Trinajstić information content (AvgIpc) is 3.12. The summed E-state index contributed by atoms with van der Waals surface area (Å²) in [5.41, 5.74) is 6.28. The number of anilines is 1. The SMILES string of the molecule is Cc1cc(C)c2oc(Cc3ccc(NC(=S)NC(=O)c4ccc(Cl)cc4)cc3)nc2c1. The summed E-state index contributed by atoms with van der Waals surface area (Å²) in [4.78, 5) is 16.8. The lowest BCUT2D eigenvalue weighted by Crippen LogP contribution is -2.34. The number of hydrogen-bond donors (Lipinski definition) is 2. The number of oxazole rings is 1. The second kappa shape index (κ2) is 8.88. The van der Waals surface area contributed by atoms with E-state index < -0.39 is 0 Å². The Morgan fingerprint density at radius 3 is 2.48 bits per heavy atom. The second-order valence-electron chi connectivity index (χ2n) is 7.33. The van der Waals surface area contributed by atoms with Crippen molar-refractivity contribution in [2.24, 2.45) is 0 Å². The van der Waals surface area contributed by atoms with E-state index in [9.17, 15) is 4.79 Å². The molecule has 5 nitrogen and oxygen atoms in total. The van der Waals surface area contributed by atoms with Gasteiger partial charge in [0.1, 0.15) is 5.52 Å². The number of halogens is 1. The number of benzene rings is 3. The highest BCUT2D eigenvalue weighted by Crippen LogP contribution is 2.23. The summed E-state index contributed by atoms with van der Waals surface area (Å²) in [5, 5.41) is 6.46. The van der Waals surface area contributed by atoms with Crippen LogP contribution < -0.4 is 10.6 Å². The zero-order valence-corrected chi connectivity index (χ0v) is 18.6. The molecule has 1 amide bonds. The van der Waals surface area contributed by atoms with Gasteiger partial charge in [0.15, 0.2) is 16.6 Å². The van der Waals surface area contributed by atoms with Gasteiger partial charge in [-0.1, -0.05) is 29.8 Å². The van der Waals surface area contributed by atoms with Gasteiger partial charge in [0.05, 0.1) is 0 Å². The van der Waals surface area contributed by atoms with E-state index in [1.807, 2.05) is 37.3 Å². The van der Waals surface area contributed by atoms with Gasteiger partial charge in [0.2, 0.25) is 0 Å². The highest BCUT2D eigenvalue weighted by atomic mass is 35.5. The van der Waals surface area contributed by atoms with E-state index in [0.717, 1.165) is 27.9 Å². The first kappa shape index (κ1) is 21.0. The molecule has 0 fully saturated rings. The lowest BCUT2D eigenvalue weighted by atomic mass is 10.1. The molecule has 0 bridgehead atoms. The number of aryl methyl sites for hydroxylation is 2. The van der Waals surface area contributed by atoms with Crippen LogP contribution in [0.3, 0.4) is 0 Å². The van der Waals surface area contributed by atoms with Crippen molar-refractivity contribution < 1.29 is 9.21 Å². The van der Waals surface area contributed by atoms with Gasteiger partial charge in [-0.2, -0.15) is 0 Å². The van der Waals surface area contributed by atoms with E-state index in [1.54, 1.807) is 24.3 Å². The lowest BCUT2D eigenvalue weighted by molar-refractivity contribution is 0.0977. The number of amides is 1. The van der Waals surface area contributed by atoms with E-state index >= 15 is 0 Å². The van der Waals surface area contributed by atoms with Crippen molar-refractivity contribution in [3.63, 3.8) is 0 Å². The fraction of sp³-hybridized carbons (Fsp3) is 0.125. The average molecular weight is 450 g/mol. The van der Waals surface area contributed by atoms with Crippen LogP contribution in [0.25, 0.3) is 11.1 Å². The molecule has 0 aliphatic carbocycles. The van der Waals surface area contributed by atoms with Crippen molar-refractivity contribution in [2.75, 3.05) is 5.32 Å². The smallest absolute Gasteiger partial charge is 0.257 e. The van der Waals surface area contributed by atoms with Gasteiger partial charge < -0.3 is 9.73 Å². The Hall–Kier alpha value is -3.22. The molecule has 0 saturated heterocycles. The summed E-state index contributed by atoms with van der Waals surface area (Å²) in [7, 11) is 0. The highest BCUT2D eigenvalue weighted by molar-refractivity contribution is 7.80. The third kappa shape index (κ3) is 5.10. The maximum absolute atomic E-state index is 12.2. The van der Waals surface area contributed by atoms with E-state index in [4.69, 9.17) is 28.2 Å². The Morgan fingerprint density at radius 2 is 1.77 bits per heavy atom. The zero-order valence-electron chi connectivity index (χ0n) is 17.0. The molecule has 2 N–H and O–H groups in total. The Balaban J connectivity index is 1.38. The van der Waals surface area contributed by atoms with Gasteiger partial charge in [0, 0.05) is 22.7 Å². The van der Waals surface area contributed by atoms with Crippen LogP contribution in [0.1, 0.15) is 32.9 Å². The number of nitrogens with zero attached hydrogens (tertiary/aromatic N) is 1. The maximum atomic E-state index is 12.2. The lowest BCUT2D eigenvalue weighted by Gasteiger charge is -2.10. The quantitative estimate of drug-likeness (QED) is 0.384. The molecule has 1 heterocycles. The van der Waals surface area contributed by atoms with Crippen molar-refractivity contribution in [1.29, 1.82) is 0 Å². The van der Waals surface area contributed by atoms with Crippen LogP contribution in [0.5, 0.6) is 0 Å². The molecule has 31 heavy (non-hydrogen) atoms. The summed E-state index contributed by atoms with van der Waals surface area (Å²) >= 11 is 11.1. The monoisotopic (exact) mass is 449 g/mol. The Morgan fingerprint density at radius 1 is 1.06 bits per heavy atom. The van der Waals surface area contributed by atoms with E-state index in [-0.39, 0.29) is 11.0 Å². The number of carbonyl (C=O) groups is 1. The number of fused-ring (bicyclic) bond motifs is 1. The van der Waals surface area contributed by atoms with Gasteiger partial charge in [-0.3, -0.25) is 10.1 Å². The molecule has 0 saturated carbocycles. The Bertz CT molecular complexity index is 1260. The largest absolute Gasteiger partial charge is 0.440 e. The van der Waals surface area contributed by atoms with Crippen molar-refractivity contribution in [2.45, 2.75) is 20.3 Å².